The highest BCUT2D eigenvalue weighted by Gasteiger charge is 2.25. The number of ether oxygens (including phenoxy) is 1. The zero-order valence-electron chi connectivity index (χ0n) is 23.4. The van der Waals surface area contributed by atoms with Crippen LogP contribution in [0.5, 0.6) is 5.88 Å². The molecule has 4 aromatic rings. The van der Waals surface area contributed by atoms with E-state index in [0.29, 0.717) is 80.2 Å². The van der Waals surface area contributed by atoms with Gasteiger partial charge in [0.2, 0.25) is 17.7 Å². The summed E-state index contributed by atoms with van der Waals surface area (Å²) in [5.41, 5.74) is 1.20. The van der Waals surface area contributed by atoms with Gasteiger partial charge in [-0.15, -0.1) is 5.10 Å². The van der Waals surface area contributed by atoms with Crippen LogP contribution in [0.25, 0.3) is 22.8 Å². The first-order valence-electron chi connectivity index (χ1n) is 14.1. The molecule has 2 aliphatic heterocycles. The maximum atomic E-state index is 13.6. The van der Waals surface area contributed by atoms with Crippen molar-refractivity contribution >= 4 is 17.6 Å². The van der Waals surface area contributed by atoms with E-state index in [1.807, 2.05) is 0 Å². The van der Waals surface area contributed by atoms with Crippen LogP contribution in [-0.4, -0.2) is 92.2 Å². The molecule has 43 heavy (non-hydrogen) atoms. The lowest BCUT2D eigenvalue weighted by molar-refractivity contribution is -0.132. The molecule has 0 bridgehead atoms. The van der Waals surface area contributed by atoms with Crippen molar-refractivity contribution in [3.63, 3.8) is 0 Å². The van der Waals surface area contributed by atoms with Crippen molar-refractivity contribution in [3.8, 4) is 28.7 Å². The second-order valence-electron chi connectivity index (χ2n) is 10.3. The molecule has 0 aliphatic carbocycles. The van der Waals surface area contributed by atoms with E-state index in [0.717, 1.165) is 13.0 Å². The van der Waals surface area contributed by atoms with Crippen molar-refractivity contribution in [2.24, 2.45) is 0 Å². The highest BCUT2D eigenvalue weighted by atomic mass is 19.1. The number of carbonyl (C=O) groups is 2. The normalized spacial score (nSPS) is 15.3. The van der Waals surface area contributed by atoms with Crippen LogP contribution in [0.15, 0.2) is 60.9 Å². The van der Waals surface area contributed by atoms with Gasteiger partial charge in [0.05, 0.1) is 6.54 Å². The monoisotopic (exact) mass is 588 g/mol. The SMILES string of the molecule is O=C1CCCN1CCOc1cc(N2CCN(C(=O)Cn3nc(-c4ccc(F)cc4)nc3-c3ccc(F)cc3)CC2)ncn1. The fourth-order valence-corrected chi connectivity index (χ4v) is 5.18. The fourth-order valence-electron chi connectivity index (χ4n) is 5.18. The van der Waals surface area contributed by atoms with Gasteiger partial charge in [-0.25, -0.2) is 28.4 Å². The summed E-state index contributed by atoms with van der Waals surface area (Å²) in [4.78, 5) is 44.0. The zero-order valence-corrected chi connectivity index (χ0v) is 23.4. The molecule has 0 N–H and O–H groups in total. The van der Waals surface area contributed by atoms with Crippen LogP contribution in [0.3, 0.4) is 0 Å². The Kier molecular flexibility index (Phi) is 8.20. The number of rotatable bonds is 9. The highest BCUT2D eigenvalue weighted by Crippen LogP contribution is 2.24. The topological polar surface area (TPSA) is 110 Å². The summed E-state index contributed by atoms with van der Waals surface area (Å²) in [7, 11) is 0. The van der Waals surface area contributed by atoms with E-state index in [1.54, 1.807) is 40.1 Å². The van der Waals surface area contributed by atoms with Crippen molar-refractivity contribution in [1.29, 1.82) is 0 Å². The Bertz CT molecular complexity index is 1590. The lowest BCUT2D eigenvalue weighted by Gasteiger charge is -2.35. The summed E-state index contributed by atoms with van der Waals surface area (Å²) in [6.45, 7) is 3.66. The van der Waals surface area contributed by atoms with Crippen molar-refractivity contribution in [2.75, 3.05) is 50.8 Å². The van der Waals surface area contributed by atoms with Gasteiger partial charge < -0.3 is 19.4 Å². The Morgan fingerprint density at radius 1 is 0.884 bits per heavy atom. The molecule has 2 fully saturated rings. The van der Waals surface area contributed by atoms with Crippen LogP contribution in [0.1, 0.15) is 12.8 Å². The van der Waals surface area contributed by atoms with Gasteiger partial charge in [0.1, 0.15) is 36.9 Å². The van der Waals surface area contributed by atoms with Crippen molar-refractivity contribution in [1.82, 2.24) is 34.5 Å². The molecule has 11 nitrogen and oxygen atoms in total. The van der Waals surface area contributed by atoms with E-state index in [-0.39, 0.29) is 30.0 Å². The van der Waals surface area contributed by atoms with Crippen LogP contribution in [-0.2, 0) is 16.1 Å². The summed E-state index contributed by atoms with van der Waals surface area (Å²) in [5, 5.41) is 4.55. The number of benzene rings is 2. The maximum Gasteiger partial charge on any atom is 0.244 e. The zero-order chi connectivity index (χ0) is 29.8. The summed E-state index contributed by atoms with van der Waals surface area (Å²) in [6.07, 6.45) is 2.93. The molecule has 2 aromatic heterocycles. The highest BCUT2D eigenvalue weighted by molar-refractivity contribution is 5.78. The Morgan fingerprint density at radius 2 is 1.58 bits per heavy atom. The first-order valence-corrected chi connectivity index (χ1v) is 14.1. The smallest absolute Gasteiger partial charge is 0.244 e. The summed E-state index contributed by atoms with van der Waals surface area (Å²) >= 11 is 0. The van der Waals surface area contributed by atoms with Crippen molar-refractivity contribution < 1.29 is 23.1 Å². The van der Waals surface area contributed by atoms with Crippen molar-refractivity contribution in [2.45, 2.75) is 19.4 Å². The molecule has 4 heterocycles. The average molecular weight is 589 g/mol. The van der Waals surface area contributed by atoms with Crippen LogP contribution in [0.2, 0.25) is 0 Å². The molecule has 13 heteroatoms. The van der Waals surface area contributed by atoms with Gasteiger partial charge in [0.15, 0.2) is 11.6 Å². The quantitative estimate of drug-likeness (QED) is 0.294. The molecule has 6 rings (SSSR count). The van der Waals surface area contributed by atoms with E-state index in [1.165, 1.54) is 35.3 Å². The number of anilines is 1. The minimum Gasteiger partial charge on any atom is -0.476 e. The van der Waals surface area contributed by atoms with Crippen LogP contribution in [0, 0.1) is 11.6 Å². The Hall–Kier alpha value is -4.94. The summed E-state index contributed by atoms with van der Waals surface area (Å²) in [6, 6.07) is 13.4. The number of carbonyl (C=O) groups excluding carboxylic acids is 2. The minimum atomic E-state index is -0.386. The third-order valence-corrected chi connectivity index (χ3v) is 7.53. The molecule has 0 spiro atoms. The number of piperazine rings is 1. The molecule has 0 atom stereocenters. The lowest BCUT2D eigenvalue weighted by atomic mass is 10.2. The Balaban J connectivity index is 1.09. The second-order valence-corrected chi connectivity index (χ2v) is 10.3. The third kappa shape index (κ3) is 6.60. The van der Waals surface area contributed by atoms with E-state index in [2.05, 4.69) is 25.0 Å². The first-order chi connectivity index (χ1) is 20.9. The Morgan fingerprint density at radius 3 is 2.26 bits per heavy atom. The molecule has 2 aromatic carbocycles. The van der Waals surface area contributed by atoms with Gasteiger partial charge in [0.25, 0.3) is 0 Å². The first kappa shape index (κ1) is 28.2. The molecule has 0 radical (unpaired) electrons. The number of halogens is 2. The Labute approximate surface area is 246 Å². The van der Waals surface area contributed by atoms with Crippen LogP contribution in [0.4, 0.5) is 14.6 Å². The number of hydrogen-bond acceptors (Lipinski definition) is 8. The molecule has 222 valence electrons. The number of hydrogen-bond donors (Lipinski definition) is 0. The van der Waals surface area contributed by atoms with Gasteiger partial charge in [0, 0.05) is 56.3 Å². The van der Waals surface area contributed by atoms with E-state index in [4.69, 9.17) is 4.74 Å². The largest absolute Gasteiger partial charge is 0.476 e. The molecule has 2 aliphatic rings. The predicted octanol–water partition coefficient (Wildman–Crippen LogP) is 3.03. The lowest BCUT2D eigenvalue weighted by Crippen LogP contribution is -2.50. The second kappa shape index (κ2) is 12.5. The van der Waals surface area contributed by atoms with E-state index < -0.39 is 0 Å². The van der Waals surface area contributed by atoms with Gasteiger partial charge >= 0.3 is 0 Å². The molecular formula is C30H30F2N8O3. The van der Waals surface area contributed by atoms with Crippen LogP contribution < -0.4 is 9.64 Å². The van der Waals surface area contributed by atoms with E-state index >= 15 is 0 Å². The maximum absolute atomic E-state index is 13.6. The van der Waals surface area contributed by atoms with Gasteiger partial charge in [-0.2, -0.15) is 0 Å². The number of aromatic nitrogens is 5. The predicted molar refractivity (Wildman–Crippen MR) is 153 cm³/mol. The fraction of sp³-hybridized carbons (Fsp3) is 0.333. The summed E-state index contributed by atoms with van der Waals surface area (Å²) in [5.74, 6) is 1.14. The molecular weight excluding hydrogens is 558 g/mol. The third-order valence-electron chi connectivity index (χ3n) is 7.53. The number of nitrogens with zero attached hydrogens (tertiary/aromatic N) is 8. The van der Waals surface area contributed by atoms with Gasteiger partial charge in [-0.1, -0.05) is 0 Å². The van der Waals surface area contributed by atoms with Crippen molar-refractivity contribution in [3.05, 3.63) is 72.6 Å². The summed E-state index contributed by atoms with van der Waals surface area (Å²) < 4.78 is 34.4. The molecule has 2 saturated heterocycles. The van der Waals surface area contributed by atoms with Crippen LogP contribution >= 0.6 is 0 Å². The number of likely N-dealkylation sites (tertiary alicyclic amines) is 1. The standard InChI is InChI=1S/C30H30F2N8O3/c31-23-7-3-21(4-8-23)29-35-30(22-5-9-24(32)10-6-22)40(36-29)19-28(42)39-14-12-37(13-15-39)25-18-26(34-20-33-25)43-17-16-38-11-1-2-27(38)41/h3-10,18,20H,1-2,11-17,19H2. The average Bonchev–Trinajstić information content (AvgIpc) is 3.64. The number of amides is 2. The molecule has 2 amide bonds. The molecule has 0 saturated carbocycles. The van der Waals surface area contributed by atoms with Gasteiger partial charge in [-0.05, 0) is 55.0 Å². The van der Waals surface area contributed by atoms with Gasteiger partial charge in [-0.3, -0.25) is 9.59 Å². The van der Waals surface area contributed by atoms with E-state index in [9.17, 15) is 18.4 Å². The molecule has 0 unspecified atom stereocenters. The minimum absolute atomic E-state index is 0.0636.